The van der Waals surface area contributed by atoms with Crippen LogP contribution in [0.1, 0.15) is 43.8 Å². The molecular weight excluding hydrogens is 427 g/mol. The third-order valence-electron chi connectivity index (χ3n) is 7.27. The lowest BCUT2D eigenvalue weighted by molar-refractivity contribution is -0.206. The number of aliphatic hydroxyl groups excluding tert-OH is 1. The molecule has 3 amide bonds. The van der Waals surface area contributed by atoms with Crippen LogP contribution >= 0.6 is 0 Å². The number of urea groups is 1. The Morgan fingerprint density at radius 1 is 1.00 bits per heavy atom. The first kappa shape index (κ1) is 22.8. The van der Waals surface area contributed by atoms with Crippen LogP contribution in [-0.2, 0) is 4.79 Å². The topological polar surface area (TPSA) is 84.3 Å². The average molecular weight is 455 g/mol. The van der Waals surface area contributed by atoms with Crippen molar-refractivity contribution in [2.24, 2.45) is 5.41 Å². The van der Waals surface area contributed by atoms with Gasteiger partial charge < -0.3 is 24.9 Å². The van der Waals surface area contributed by atoms with Crippen LogP contribution in [0.2, 0.25) is 0 Å². The molecule has 7 nitrogen and oxygen atoms in total. The summed E-state index contributed by atoms with van der Waals surface area (Å²) in [6, 6.07) is 5.14. The number of hydrogen-bond donors (Lipinski definition) is 2. The molecule has 0 radical (unpaired) electrons. The van der Waals surface area contributed by atoms with E-state index in [1.54, 1.807) is 21.7 Å². The molecule has 32 heavy (non-hydrogen) atoms. The summed E-state index contributed by atoms with van der Waals surface area (Å²) in [5.41, 5.74) is -1.39. The predicted octanol–water partition coefficient (Wildman–Crippen LogP) is 2.68. The summed E-state index contributed by atoms with van der Waals surface area (Å²) in [5, 5.41) is 20.4. The maximum Gasteiger partial charge on any atom is 0.418 e. The van der Waals surface area contributed by atoms with E-state index in [1.165, 1.54) is 24.3 Å². The molecule has 1 unspecified atom stereocenters. The predicted molar refractivity (Wildman–Crippen MR) is 110 cm³/mol. The second kappa shape index (κ2) is 7.91. The zero-order valence-electron chi connectivity index (χ0n) is 17.9. The van der Waals surface area contributed by atoms with Gasteiger partial charge in [-0.1, -0.05) is 12.1 Å². The van der Waals surface area contributed by atoms with Gasteiger partial charge in [0.25, 0.3) is 0 Å². The molecule has 1 aromatic carbocycles. The molecule has 2 heterocycles. The van der Waals surface area contributed by atoms with Crippen molar-refractivity contribution < 1.29 is 33.0 Å². The van der Waals surface area contributed by atoms with Crippen molar-refractivity contribution in [2.45, 2.75) is 50.0 Å². The van der Waals surface area contributed by atoms with Gasteiger partial charge in [-0.3, -0.25) is 4.79 Å². The van der Waals surface area contributed by atoms with Gasteiger partial charge in [0.15, 0.2) is 6.10 Å². The third kappa shape index (κ3) is 4.05. The fourth-order valence-electron chi connectivity index (χ4n) is 5.11. The molecule has 1 atom stereocenters. The fourth-order valence-corrected chi connectivity index (χ4v) is 5.11. The number of halogens is 3. The maximum absolute atomic E-state index is 13.3. The highest BCUT2D eigenvalue weighted by atomic mass is 19.4. The van der Waals surface area contributed by atoms with Crippen molar-refractivity contribution in [3.63, 3.8) is 0 Å². The number of anilines is 1. The molecule has 3 fully saturated rings. The number of carbonyl (C=O) groups excluding carboxylic acids is 2. The van der Waals surface area contributed by atoms with Crippen molar-refractivity contribution in [2.75, 3.05) is 38.1 Å². The minimum atomic E-state index is -4.75. The van der Waals surface area contributed by atoms with Gasteiger partial charge in [-0.25, -0.2) is 4.79 Å². The Hall–Kier alpha value is -2.33. The highest BCUT2D eigenvalue weighted by molar-refractivity contribution is 6.00. The Balaban J connectivity index is 1.40. The quantitative estimate of drug-likeness (QED) is 0.731. The Labute approximate surface area is 184 Å². The van der Waals surface area contributed by atoms with E-state index in [2.05, 4.69) is 0 Å². The zero-order valence-corrected chi connectivity index (χ0v) is 17.9. The fraction of sp³-hybridized carbons (Fsp3) is 0.636. The van der Waals surface area contributed by atoms with Crippen molar-refractivity contribution in [1.29, 1.82) is 0 Å². The van der Waals surface area contributed by atoms with E-state index in [-0.39, 0.29) is 24.0 Å². The van der Waals surface area contributed by atoms with Crippen molar-refractivity contribution in [3.8, 4) is 0 Å². The molecule has 2 aliphatic heterocycles. The highest BCUT2D eigenvalue weighted by Crippen LogP contribution is 2.49. The van der Waals surface area contributed by atoms with E-state index in [9.17, 15) is 33.0 Å². The molecule has 1 spiro atoms. The van der Waals surface area contributed by atoms with E-state index < -0.39 is 23.3 Å². The van der Waals surface area contributed by atoms with Gasteiger partial charge in [0, 0.05) is 32.4 Å². The molecule has 3 aliphatic rings. The van der Waals surface area contributed by atoms with Gasteiger partial charge in [-0.2, -0.15) is 13.2 Å². The Bertz CT molecular complexity index is 881. The largest absolute Gasteiger partial charge is 0.418 e. The lowest BCUT2D eigenvalue weighted by Crippen LogP contribution is -2.50. The average Bonchev–Trinajstić information content (AvgIpc) is 3.24. The van der Waals surface area contributed by atoms with E-state index in [0.29, 0.717) is 57.4 Å². The minimum absolute atomic E-state index is 0.0827. The monoisotopic (exact) mass is 455 g/mol. The van der Waals surface area contributed by atoms with Gasteiger partial charge in [0.05, 0.1) is 17.6 Å². The van der Waals surface area contributed by atoms with Crippen LogP contribution in [0.3, 0.4) is 0 Å². The molecule has 1 saturated carbocycles. The Kier molecular flexibility index (Phi) is 5.65. The SMILES string of the molecule is CN1CCN(CC2(O)CCC3(CCN(c4ccc(C(O)C(F)(F)F)cc4)C3=O)CC2)C1=O. The number of benzene rings is 1. The molecule has 2 N–H and O–H groups in total. The number of rotatable bonds is 4. The van der Waals surface area contributed by atoms with Crippen LogP contribution in [0, 0.1) is 5.41 Å². The maximum atomic E-state index is 13.3. The summed E-state index contributed by atoms with van der Waals surface area (Å²) in [4.78, 5) is 30.2. The molecule has 1 aliphatic carbocycles. The van der Waals surface area contributed by atoms with Gasteiger partial charge in [-0.05, 0) is 49.8 Å². The third-order valence-corrected chi connectivity index (χ3v) is 7.27. The Morgan fingerprint density at radius 2 is 1.62 bits per heavy atom. The van der Waals surface area contributed by atoms with Crippen LogP contribution in [0.25, 0.3) is 0 Å². The second-order valence-corrected chi connectivity index (χ2v) is 9.37. The van der Waals surface area contributed by atoms with Gasteiger partial charge in [0.2, 0.25) is 5.91 Å². The Morgan fingerprint density at radius 3 is 2.16 bits per heavy atom. The minimum Gasteiger partial charge on any atom is -0.388 e. The van der Waals surface area contributed by atoms with E-state index in [0.717, 1.165) is 0 Å². The molecule has 0 bridgehead atoms. The smallest absolute Gasteiger partial charge is 0.388 e. The first-order valence-electron chi connectivity index (χ1n) is 10.8. The molecule has 10 heteroatoms. The normalized spacial score (nSPS) is 30.0. The molecule has 4 rings (SSSR count). The van der Waals surface area contributed by atoms with Crippen LogP contribution in [-0.4, -0.2) is 77.0 Å². The standard InChI is InChI=1S/C22H28F3N3O4/c1-26-12-13-27(19(26)31)14-21(32)8-6-20(7-9-21)10-11-28(18(20)30)16-4-2-15(3-5-16)17(29)22(23,24)25/h2-5,17,29,32H,6-14H2,1H3. The molecule has 2 saturated heterocycles. The zero-order chi connectivity index (χ0) is 23.3. The summed E-state index contributed by atoms with van der Waals surface area (Å²) in [7, 11) is 1.73. The molecule has 176 valence electrons. The molecular formula is C22H28F3N3O4. The summed E-state index contributed by atoms with van der Waals surface area (Å²) in [6.45, 7) is 1.92. The second-order valence-electron chi connectivity index (χ2n) is 9.37. The van der Waals surface area contributed by atoms with E-state index in [4.69, 9.17) is 0 Å². The van der Waals surface area contributed by atoms with Crippen molar-refractivity contribution >= 4 is 17.6 Å². The number of alkyl halides is 3. The first-order valence-corrected chi connectivity index (χ1v) is 10.8. The summed E-state index contributed by atoms with van der Waals surface area (Å²) < 4.78 is 38.1. The number of hydrogen-bond acceptors (Lipinski definition) is 4. The van der Waals surface area contributed by atoms with Gasteiger partial charge in [-0.15, -0.1) is 0 Å². The van der Waals surface area contributed by atoms with E-state index >= 15 is 0 Å². The van der Waals surface area contributed by atoms with Crippen molar-refractivity contribution in [1.82, 2.24) is 9.80 Å². The summed E-state index contributed by atoms with van der Waals surface area (Å²) in [6.07, 6.45) is -4.87. The van der Waals surface area contributed by atoms with Crippen LogP contribution in [0.15, 0.2) is 24.3 Å². The van der Waals surface area contributed by atoms with Gasteiger partial charge in [0.1, 0.15) is 0 Å². The number of likely N-dealkylation sites (N-methyl/N-ethyl adjacent to an activating group) is 1. The van der Waals surface area contributed by atoms with Crippen LogP contribution in [0.4, 0.5) is 23.7 Å². The summed E-state index contributed by atoms with van der Waals surface area (Å²) >= 11 is 0. The molecule has 0 aromatic heterocycles. The number of amides is 3. The first-order chi connectivity index (χ1) is 14.9. The van der Waals surface area contributed by atoms with Crippen LogP contribution < -0.4 is 4.90 Å². The highest BCUT2D eigenvalue weighted by Gasteiger charge is 2.52. The number of carbonyl (C=O) groups is 2. The summed E-state index contributed by atoms with van der Waals surface area (Å²) in [5.74, 6) is -0.0827. The number of nitrogens with zero attached hydrogens (tertiary/aromatic N) is 3. The lowest BCUT2D eigenvalue weighted by atomic mass is 9.67. The molecule has 1 aromatic rings. The van der Waals surface area contributed by atoms with Crippen LogP contribution in [0.5, 0.6) is 0 Å². The van der Waals surface area contributed by atoms with Crippen molar-refractivity contribution in [3.05, 3.63) is 29.8 Å². The number of aliphatic hydroxyl groups is 2. The number of β-amino-alcohol motifs (C(OH)–C–C–N with tert-alkyl or cyclic N) is 1. The van der Waals surface area contributed by atoms with E-state index in [1.807, 2.05) is 0 Å². The lowest BCUT2D eigenvalue weighted by Gasteiger charge is -2.42. The van der Waals surface area contributed by atoms with Gasteiger partial charge >= 0.3 is 12.2 Å².